The molecule has 10 aromatic rings. The number of hydrogen-bond acceptors (Lipinski definition) is 4. The summed E-state index contributed by atoms with van der Waals surface area (Å²) in [6.07, 6.45) is 0. The first-order chi connectivity index (χ1) is 27.3. The molecule has 0 aliphatic carbocycles. The van der Waals surface area contributed by atoms with Gasteiger partial charge in [-0.2, -0.15) is 0 Å². The number of fused-ring (bicyclic) bond motifs is 19. The van der Waals surface area contributed by atoms with Gasteiger partial charge in [0.1, 0.15) is 11.2 Å². The molecule has 0 unspecified atom stereocenters. The van der Waals surface area contributed by atoms with Crippen molar-refractivity contribution in [1.82, 2.24) is 4.57 Å². The molecule has 0 amide bonds. The molecule has 7 heterocycles. The maximum atomic E-state index is 6.85. The SMILES string of the molecule is c1ccc2c(c1)Sc1cccc3c1N2c1cc2c4c5c1B3c1ccccc1N5c1ccccc1B4c1cc3c4ccccc4oc3c3c4ccccc4n-2c13. The van der Waals surface area contributed by atoms with Crippen LogP contribution in [0.15, 0.2) is 166 Å². The number of anilines is 6. The Kier molecular flexibility index (Phi) is 4.77. The lowest BCUT2D eigenvalue weighted by molar-refractivity contribution is 0.673. The molecular weight excluding hydrogens is 688 g/mol. The van der Waals surface area contributed by atoms with Gasteiger partial charge in [0.05, 0.1) is 27.8 Å². The van der Waals surface area contributed by atoms with E-state index in [4.69, 9.17) is 4.42 Å². The van der Waals surface area contributed by atoms with Crippen molar-refractivity contribution in [3.63, 3.8) is 0 Å². The first kappa shape index (κ1) is 28.0. The average Bonchev–Trinajstić information content (AvgIpc) is 3.79. The number of nitrogens with zero attached hydrogens (tertiary/aromatic N) is 3. The summed E-state index contributed by atoms with van der Waals surface area (Å²) in [5.74, 6) is 0. The Morgan fingerprint density at radius 3 is 1.95 bits per heavy atom. The molecular formula is C48H25B2N3OS. The minimum Gasteiger partial charge on any atom is -0.455 e. The second-order valence-corrected chi connectivity index (χ2v) is 16.6. The van der Waals surface area contributed by atoms with E-state index in [9.17, 15) is 0 Å². The van der Waals surface area contributed by atoms with Gasteiger partial charge in [0.2, 0.25) is 0 Å². The Balaban J connectivity index is 1.20. The van der Waals surface area contributed by atoms with Crippen molar-refractivity contribution in [2.75, 3.05) is 9.80 Å². The molecule has 0 radical (unpaired) electrons. The van der Waals surface area contributed by atoms with Crippen molar-refractivity contribution in [1.29, 1.82) is 0 Å². The summed E-state index contributed by atoms with van der Waals surface area (Å²) in [6, 6.07) is 56.8. The lowest BCUT2D eigenvalue weighted by Crippen LogP contribution is -2.68. The van der Waals surface area contributed by atoms with Crippen molar-refractivity contribution in [3.05, 3.63) is 152 Å². The molecule has 5 aliphatic rings. The van der Waals surface area contributed by atoms with Crippen LogP contribution in [0, 0.1) is 0 Å². The standard InChI is InChI=1S/C48H25B2N3OS/c1-5-17-33-27(13-1)42-46-32(24-28-26-12-2-9-21-39(26)54-48(28)42)50-30-15-4-7-19-35(30)52-34-18-6-3-14-29(34)49-31-16-11-23-41-45(31)53(36-20-8-10-22-40(36)55-41)38-25-37(51(33)46)44(50)47(52)43(38)49/h1-25H. The quantitative estimate of drug-likeness (QED) is 0.148. The molecule has 0 fully saturated rings. The van der Waals surface area contributed by atoms with E-state index in [2.05, 4.69) is 166 Å². The minimum absolute atomic E-state index is 0.0305. The Hall–Kier alpha value is -6.56. The first-order valence-electron chi connectivity index (χ1n) is 19.1. The summed E-state index contributed by atoms with van der Waals surface area (Å²) in [5, 5.41) is 4.77. The third kappa shape index (κ3) is 3.08. The van der Waals surface area contributed by atoms with Gasteiger partial charge in [0, 0.05) is 54.4 Å². The maximum Gasteiger partial charge on any atom is 0.252 e. The molecule has 15 rings (SSSR count). The van der Waals surface area contributed by atoms with Gasteiger partial charge in [0.15, 0.2) is 0 Å². The summed E-state index contributed by atoms with van der Waals surface area (Å²) in [4.78, 5) is 7.81. The maximum absolute atomic E-state index is 6.85. The predicted molar refractivity (Wildman–Crippen MR) is 231 cm³/mol. The first-order valence-corrected chi connectivity index (χ1v) is 19.9. The lowest BCUT2D eigenvalue weighted by Gasteiger charge is -2.50. The van der Waals surface area contributed by atoms with Gasteiger partial charge in [-0.15, -0.1) is 0 Å². The molecule has 8 aromatic carbocycles. The summed E-state index contributed by atoms with van der Waals surface area (Å²) in [7, 11) is 0. The number of rotatable bonds is 0. The summed E-state index contributed by atoms with van der Waals surface area (Å²) in [6.45, 7) is 0.122. The number of para-hydroxylation sites is 6. The van der Waals surface area contributed by atoms with Crippen LogP contribution in [-0.4, -0.2) is 18.0 Å². The molecule has 0 spiro atoms. The van der Waals surface area contributed by atoms with Gasteiger partial charge in [-0.3, -0.25) is 0 Å². The number of benzene rings is 8. The van der Waals surface area contributed by atoms with Gasteiger partial charge in [-0.25, -0.2) is 0 Å². The van der Waals surface area contributed by atoms with Crippen LogP contribution in [0.5, 0.6) is 0 Å². The van der Waals surface area contributed by atoms with Crippen LogP contribution >= 0.6 is 11.8 Å². The van der Waals surface area contributed by atoms with Gasteiger partial charge in [-0.1, -0.05) is 115 Å². The third-order valence-electron chi connectivity index (χ3n) is 13.1. The Morgan fingerprint density at radius 2 is 1.09 bits per heavy atom. The van der Waals surface area contributed by atoms with Crippen LogP contribution in [0.3, 0.4) is 0 Å². The van der Waals surface area contributed by atoms with E-state index in [1.165, 1.54) is 115 Å². The molecule has 0 atom stereocenters. The molecule has 4 nitrogen and oxygen atoms in total. The molecule has 250 valence electrons. The monoisotopic (exact) mass is 713 g/mol. The van der Waals surface area contributed by atoms with Crippen LogP contribution < -0.4 is 42.6 Å². The molecule has 0 bridgehead atoms. The van der Waals surface area contributed by atoms with Crippen molar-refractivity contribution < 1.29 is 4.42 Å². The van der Waals surface area contributed by atoms with Gasteiger partial charge < -0.3 is 18.8 Å². The van der Waals surface area contributed by atoms with Crippen molar-refractivity contribution >= 4 is 136 Å². The highest BCUT2D eigenvalue weighted by molar-refractivity contribution is 7.99. The molecule has 0 saturated carbocycles. The van der Waals surface area contributed by atoms with Crippen LogP contribution in [0.4, 0.5) is 34.1 Å². The number of hydrogen-bond donors (Lipinski definition) is 0. The molecule has 0 saturated heterocycles. The smallest absolute Gasteiger partial charge is 0.252 e. The number of aromatic nitrogens is 1. The van der Waals surface area contributed by atoms with Gasteiger partial charge in [-0.05, 0) is 81.3 Å². The normalized spacial score (nSPS) is 14.7. The summed E-state index contributed by atoms with van der Waals surface area (Å²) < 4.78 is 9.43. The minimum atomic E-state index is 0.0305. The largest absolute Gasteiger partial charge is 0.455 e. The second kappa shape index (κ2) is 9.38. The zero-order valence-electron chi connectivity index (χ0n) is 29.2. The van der Waals surface area contributed by atoms with Gasteiger partial charge in [0.25, 0.3) is 13.4 Å². The van der Waals surface area contributed by atoms with E-state index >= 15 is 0 Å². The lowest BCUT2D eigenvalue weighted by atomic mass is 9.29. The molecule has 0 N–H and O–H groups in total. The topological polar surface area (TPSA) is 24.6 Å². The highest BCUT2D eigenvalue weighted by Crippen LogP contribution is 2.54. The van der Waals surface area contributed by atoms with E-state index in [-0.39, 0.29) is 13.4 Å². The van der Waals surface area contributed by atoms with Crippen LogP contribution in [0.2, 0.25) is 0 Å². The summed E-state index contributed by atoms with van der Waals surface area (Å²) in [5.41, 5.74) is 21.5. The summed E-state index contributed by atoms with van der Waals surface area (Å²) >= 11 is 1.90. The van der Waals surface area contributed by atoms with E-state index in [1.807, 2.05) is 11.8 Å². The average molecular weight is 713 g/mol. The van der Waals surface area contributed by atoms with Gasteiger partial charge >= 0.3 is 0 Å². The molecule has 2 aromatic heterocycles. The number of furan rings is 1. The van der Waals surface area contributed by atoms with Crippen LogP contribution in [0.1, 0.15) is 0 Å². The molecule has 5 aliphatic heterocycles. The van der Waals surface area contributed by atoms with Crippen molar-refractivity contribution in [2.24, 2.45) is 0 Å². The predicted octanol–water partition coefficient (Wildman–Crippen LogP) is 8.37. The fourth-order valence-electron chi connectivity index (χ4n) is 11.2. The Labute approximate surface area is 320 Å². The zero-order chi connectivity index (χ0) is 35.3. The second-order valence-electron chi connectivity index (χ2n) is 15.5. The fraction of sp³-hybridized carbons (Fsp3) is 0. The Morgan fingerprint density at radius 1 is 0.455 bits per heavy atom. The Bertz CT molecular complexity index is 3470. The van der Waals surface area contributed by atoms with Crippen molar-refractivity contribution in [2.45, 2.75) is 9.79 Å². The zero-order valence-corrected chi connectivity index (χ0v) is 30.1. The molecule has 55 heavy (non-hydrogen) atoms. The van der Waals surface area contributed by atoms with Crippen LogP contribution in [-0.2, 0) is 0 Å². The highest BCUT2D eigenvalue weighted by Gasteiger charge is 2.52. The fourth-order valence-corrected chi connectivity index (χ4v) is 12.3. The van der Waals surface area contributed by atoms with Crippen LogP contribution in [0.25, 0.3) is 49.4 Å². The van der Waals surface area contributed by atoms with E-state index in [0.29, 0.717) is 0 Å². The van der Waals surface area contributed by atoms with Crippen molar-refractivity contribution in [3.8, 4) is 5.69 Å². The van der Waals surface area contributed by atoms with E-state index < -0.39 is 0 Å². The molecule has 7 heteroatoms. The third-order valence-corrected chi connectivity index (χ3v) is 14.2. The highest BCUT2D eigenvalue weighted by atomic mass is 32.2. The van der Waals surface area contributed by atoms with E-state index in [0.717, 1.165) is 11.2 Å². The van der Waals surface area contributed by atoms with E-state index in [1.54, 1.807) is 0 Å².